The van der Waals surface area contributed by atoms with Crippen molar-refractivity contribution in [3.63, 3.8) is 0 Å². The van der Waals surface area contributed by atoms with Crippen LogP contribution >= 0.6 is 0 Å². The number of aromatic hydroxyl groups is 1. The van der Waals surface area contributed by atoms with Gasteiger partial charge in [0.15, 0.2) is 5.69 Å². The van der Waals surface area contributed by atoms with Gasteiger partial charge >= 0.3 is 0 Å². The Labute approximate surface area is 194 Å². The highest BCUT2D eigenvalue weighted by Gasteiger charge is 2.22. The first-order valence-electron chi connectivity index (χ1n) is 11.0. The lowest BCUT2D eigenvalue weighted by Gasteiger charge is -2.15. The van der Waals surface area contributed by atoms with Crippen molar-refractivity contribution in [3.8, 4) is 11.4 Å². The number of hydrogen-bond acceptors (Lipinski definition) is 8. The van der Waals surface area contributed by atoms with Crippen molar-refractivity contribution < 1.29 is 19.0 Å². The number of fused-ring (bicyclic) bond motifs is 1. The molecule has 0 saturated heterocycles. The summed E-state index contributed by atoms with van der Waals surface area (Å²) in [5.41, 5.74) is -0.0283. The molecular weight excluding hydrogens is 445 g/mol. The Balaban J connectivity index is 1.58. The lowest BCUT2D eigenvalue weighted by atomic mass is 10.1. The van der Waals surface area contributed by atoms with Crippen LogP contribution < -0.4 is 16.2 Å². The van der Waals surface area contributed by atoms with Crippen molar-refractivity contribution in [1.82, 2.24) is 34.9 Å². The molecule has 3 heterocycles. The summed E-state index contributed by atoms with van der Waals surface area (Å²) in [6, 6.07) is 4.09. The maximum absolute atomic E-state index is 13.9. The van der Waals surface area contributed by atoms with Crippen LogP contribution in [0.2, 0.25) is 0 Å². The minimum Gasteiger partial charge on any atom is -0.501 e. The zero-order valence-corrected chi connectivity index (χ0v) is 18.8. The molecule has 0 unspecified atom stereocenters. The third kappa shape index (κ3) is 5.13. The summed E-state index contributed by atoms with van der Waals surface area (Å²) < 4.78 is 22.2. The van der Waals surface area contributed by atoms with E-state index in [1.165, 1.54) is 33.8 Å². The highest BCUT2D eigenvalue weighted by Crippen LogP contribution is 2.18. The first-order chi connectivity index (χ1) is 16.5. The highest BCUT2D eigenvalue weighted by molar-refractivity contribution is 5.94. The summed E-state index contributed by atoms with van der Waals surface area (Å²) in [6.07, 6.45) is 2.33. The summed E-state index contributed by atoms with van der Waals surface area (Å²) in [5.74, 6) is -0.932. The van der Waals surface area contributed by atoms with Crippen LogP contribution in [0.3, 0.4) is 0 Å². The molecule has 3 N–H and O–H groups in total. The second-order valence-corrected chi connectivity index (χ2v) is 7.82. The van der Waals surface area contributed by atoms with E-state index in [0.717, 1.165) is 0 Å². The molecule has 0 saturated carbocycles. The molecule has 34 heavy (non-hydrogen) atoms. The van der Waals surface area contributed by atoms with E-state index < -0.39 is 23.0 Å². The van der Waals surface area contributed by atoms with Crippen LogP contribution in [0.15, 0.2) is 29.3 Å². The molecule has 0 aliphatic carbocycles. The number of rotatable bonds is 4. The Morgan fingerprint density at radius 3 is 2.97 bits per heavy atom. The third-order valence-corrected chi connectivity index (χ3v) is 5.49. The van der Waals surface area contributed by atoms with Gasteiger partial charge in [0.2, 0.25) is 5.75 Å². The lowest BCUT2D eigenvalue weighted by Crippen LogP contribution is -2.33. The van der Waals surface area contributed by atoms with Gasteiger partial charge < -0.3 is 20.5 Å². The van der Waals surface area contributed by atoms with Crippen molar-refractivity contribution in [2.75, 3.05) is 26.3 Å². The fraction of sp³-hybridized carbons (Fsp3) is 0.409. The molecule has 1 aliphatic heterocycles. The molecule has 0 spiro atoms. The topological polar surface area (TPSA) is 136 Å². The van der Waals surface area contributed by atoms with Crippen molar-refractivity contribution in [2.24, 2.45) is 0 Å². The summed E-state index contributed by atoms with van der Waals surface area (Å²) in [4.78, 5) is 34.1. The SMILES string of the molecule is Cc1ncnn1-c1cc(F)ccc1CNC(=O)c1nc2n(c(=O)c1O)CCCOCCNCC2. The van der Waals surface area contributed by atoms with E-state index in [1.54, 1.807) is 6.92 Å². The minimum absolute atomic E-state index is 0.00776. The summed E-state index contributed by atoms with van der Waals surface area (Å²) >= 11 is 0. The van der Waals surface area contributed by atoms with Crippen LogP contribution in [-0.2, 0) is 24.2 Å². The molecular formula is C22H26FN7O4. The maximum atomic E-state index is 13.9. The number of amides is 1. The first kappa shape index (κ1) is 23.5. The van der Waals surface area contributed by atoms with Gasteiger partial charge in [-0.05, 0) is 31.0 Å². The van der Waals surface area contributed by atoms with Crippen molar-refractivity contribution >= 4 is 5.91 Å². The van der Waals surface area contributed by atoms with Gasteiger partial charge in [0.05, 0.1) is 12.3 Å². The third-order valence-electron chi connectivity index (χ3n) is 5.49. The Kier molecular flexibility index (Phi) is 7.28. The van der Waals surface area contributed by atoms with Gasteiger partial charge in [-0.25, -0.2) is 19.0 Å². The molecule has 1 amide bonds. The molecule has 0 fully saturated rings. The zero-order valence-electron chi connectivity index (χ0n) is 18.8. The molecule has 1 aliphatic rings. The predicted molar refractivity (Wildman–Crippen MR) is 119 cm³/mol. The van der Waals surface area contributed by atoms with E-state index in [9.17, 15) is 19.1 Å². The number of hydrogen-bond donors (Lipinski definition) is 3. The number of carbonyl (C=O) groups excluding carboxylic acids is 1. The molecule has 12 heteroatoms. The van der Waals surface area contributed by atoms with Crippen LogP contribution in [0.1, 0.15) is 34.1 Å². The van der Waals surface area contributed by atoms with Gasteiger partial charge in [0, 0.05) is 39.2 Å². The number of aromatic nitrogens is 5. The fourth-order valence-electron chi connectivity index (χ4n) is 3.74. The molecule has 11 nitrogen and oxygen atoms in total. The van der Waals surface area contributed by atoms with Gasteiger partial charge in [-0.1, -0.05) is 6.07 Å². The number of nitrogens with one attached hydrogen (secondary N) is 2. The van der Waals surface area contributed by atoms with Crippen LogP contribution in [0, 0.1) is 12.7 Å². The minimum atomic E-state index is -0.714. The van der Waals surface area contributed by atoms with E-state index in [0.29, 0.717) is 68.6 Å². The summed E-state index contributed by atoms with van der Waals surface area (Å²) in [5, 5.41) is 20.4. The molecule has 0 radical (unpaired) electrons. The summed E-state index contributed by atoms with van der Waals surface area (Å²) in [7, 11) is 0. The van der Waals surface area contributed by atoms with E-state index in [1.807, 2.05) is 0 Å². The number of halogens is 1. The standard InChI is InChI=1S/C22H26FN7O4/c1-14-26-13-27-30(14)17-11-16(23)4-3-15(17)12-25-21(32)19-20(31)22(33)29-8-2-9-34-10-7-24-6-5-18(29)28-19/h3-4,11,13,24,31H,2,5-10,12H2,1H3,(H,25,32). The number of ether oxygens (including phenoxy) is 1. The molecule has 180 valence electrons. The van der Waals surface area contributed by atoms with E-state index >= 15 is 0 Å². The molecule has 0 bridgehead atoms. The Hall–Kier alpha value is -3.64. The summed E-state index contributed by atoms with van der Waals surface area (Å²) in [6.45, 7) is 4.29. The second kappa shape index (κ2) is 10.5. The smallest absolute Gasteiger partial charge is 0.296 e. The Bertz CT molecular complexity index is 1240. The normalized spacial score (nSPS) is 14.8. The van der Waals surface area contributed by atoms with Crippen molar-refractivity contribution in [3.05, 3.63) is 63.6 Å². The molecule has 3 aromatic rings. The molecule has 4 rings (SSSR count). The number of benzene rings is 1. The van der Waals surface area contributed by atoms with Crippen LogP contribution in [-0.4, -0.2) is 61.6 Å². The van der Waals surface area contributed by atoms with Gasteiger partial charge in [0.25, 0.3) is 11.5 Å². The monoisotopic (exact) mass is 471 g/mol. The average molecular weight is 471 g/mol. The highest BCUT2D eigenvalue weighted by atomic mass is 19.1. The number of carbonyl (C=O) groups is 1. The van der Waals surface area contributed by atoms with Crippen molar-refractivity contribution in [2.45, 2.75) is 32.9 Å². The van der Waals surface area contributed by atoms with Gasteiger partial charge in [-0.3, -0.25) is 14.2 Å². The quantitative estimate of drug-likeness (QED) is 0.499. The second-order valence-electron chi connectivity index (χ2n) is 7.82. The van der Waals surface area contributed by atoms with Crippen molar-refractivity contribution in [1.29, 1.82) is 0 Å². The lowest BCUT2D eigenvalue weighted by molar-refractivity contribution is 0.0941. The largest absolute Gasteiger partial charge is 0.501 e. The Morgan fingerprint density at radius 1 is 1.32 bits per heavy atom. The molecule has 1 aromatic carbocycles. The average Bonchev–Trinajstić information content (AvgIpc) is 3.23. The molecule has 0 atom stereocenters. The predicted octanol–water partition coefficient (Wildman–Crippen LogP) is 0.460. The van der Waals surface area contributed by atoms with E-state index in [4.69, 9.17) is 4.74 Å². The van der Waals surface area contributed by atoms with Crippen LogP contribution in [0.25, 0.3) is 5.69 Å². The Morgan fingerprint density at radius 2 is 2.18 bits per heavy atom. The van der Waals surface area contributed by atoms with E-state index in [2.05, 4.69) is 25.7 Å². The van der Waals surface area contributed by atoms with Crippen LogP contribution in [0.5, 0.6) is 5.75 Å². The fourth-order valence-corrected chi connectivity index (χ4v) is 3.74. The first-order valence-corrected chi connectivity index (χ1v) is 11.0. The van der Waals surface area contributed by atoms with Gasteiger partial charge in [0.1, 0.15) is 23.8 Å². The maximum Gasteiger partial charge on any atom is 0.296 e. The number of aryl methyl sites for hydroxylation is 1. The van der Waals surface area contributed by atoms with Crippen LogP contribution in [0.4, 0.5) is 4.39 Å². The van der Waals surface area contributed by atoms with Gasteiger partial charge in [-0.2, -0.15) is 5.10 Å². The number of nitrogens with zero attached hydrogens (tertiary/aromatic N) is 5. The van der Waals surface area contributed by atoms with E-state index in [-0.39, 0.29) is 12.2 Å². The molecule has 2 aromatic heterocycles. The zero-order chi connectivity index (χ0) is 24.1. The van der Waals surface area contributed by atoms with Gasteiger partial charge in [-0.15, -0.1) is 0 Å².